The van der Waals surface area contributed by atoms with E-state index in [1.165, 1.54) is 12.1 Å². The summed E-state index contributed by atoms with van der Waals surface area (Å²) in [5.41, 5.74) is 0.917. The summed E-state index contributed by atoms with van der Waals surface area (Å²) in [7, 11) is 0. The SMILES string of the molecule is C[C@H](Nc1nc(Nc2cnccn2)cc(N2CC[C@@H](O)C2)n1)c1ccc(F)cc1. The van der Waals surface area contributed by atoms with Crippen LogP contribution in [-0.4, -0.2) is 44.2 Å². The van der Waals surface area contributed by atoms with Gasteiger partial charge in [0.05, 0.1) is 18.3 Å². The van der Waals surface area contributed by atoms with Gasteiger partial charge in [0.25, 0.3) is 0 Å². The number of hydrogen-bond acceptors (Lipinski definition) is 8. The Bertz CT molecular complexity index is 955. The highest BCUT2D eigenvalue weighted by molar-refractivity contribution is 5.59. The van der Waals surface area contributed by atoms with Gasteiger partial charge in [-0.15, -0.1) is 0 Å². The normalized spacial score (nSPS) is 17.2. The second kappa shape index (κ2) is 8.36. The molecule has 150 valence electrons. The zero-order valence-electron chi connectivity index (χ0n) is 16.0. The molecule has 9 heteroatoms. The Morgan fingerprint density at radius 3 is 2.69 bits per heavy atom. The highest BCUT2D eigenvalue weighted by Gasteiger charge is 2.23. The maximum Gasteiger partial charge on any atom is 0.227 e. The molecule has 1 aliphatic rings. The fourth-order valence-corrected chi connectivity index (χ4v) is 3.20. The predicted molar refractivity (Wildman–Crippen MR) is 109 cm³/mol. The molecule has 2 atom stereocenters. The average Bonchev–Trinajstić information content (AvgIpc) is 3.15. The van der Waals surface area contributed by atoms with Crippen LogP contribution in [0.2, 0.25) is 0 Å². The van der Waals surface area contributed by atoms with Crippen molar-refractivity contribution >= 4 is 23.4 Å². The molecule has 1 aromatic carbocycles. The fourth-order valence-electron chi connectivity index (χ4n) is 3.20. The Balaban J connectivity index is 1.60. The molecule has 0 bridgehead atoms. The molecule has 2 aromatic heterocycles. The predicted octanol–water partition coefficient (Wildman–Crippen LogP) is 2.89. The van der Waals surface area contributed by atoms with Crippen LogP contribution in [0.5, 0.6) is 0 Å². The first kappa shape index (κ1) is 19.0. The number of hydrogen-bond donors (Lipinski definition) is 3. The van der Waals surface area contributed by atoms with Crippen molar-refractivity contribution in [1.29, 1.82) is 0 Å². The third-order valence-electron chi connectivity index (χ3n) is 4.73. The van der Waals surface area contributed by atoms with Crippen LogP contribution < -0.4 is 15.5 Å². The maximum absolute atomic E-state index is 13.2. The summed E-state index contributed by atoms with van der Waals surface area (Å²) in [4.78, 5) is 19.4. The number of halogens is 1. The lowest BCUT2D eigenvalue weighted by atomic mass is 10.1. The topological polar surface area (TPSA) is 99.1 Å². The van der Waals surface area contributed by atoms with Crippen molar-refractivity contribution in [1.82, 2.24) is 19.9 Å². The molecule has 1 saturated heterocycles. The van der Waals surface area contributed by atoms with E-state index in [1.54, 1.807) is 30.7 Å². The van der Waals surface area contributed by atoms with Crippen LogP contribution >= 0.6 is 0 Å². The number of benzene rings is 1. The van der Waals surface area contributed by atoms with Gasteiger partial charge in [-0.05, 0) is 31.0 Å². The van der Waals surface area contributed by atoms with E-state index in [-0.39, 0.29) is 18.0 Å². The molecule has 4 rings (SSSR count). The lowest BCUT2D eigenvalue weighted by Crippen LogP contribution is -2.23. The van der Waals surface area contributed by atoms with Gasteiger partial charge in [-0.25, -0.2) is 9.37 Å². The summed E-state index contributed by atoms with van der Waals surface area (Å²) in [6.45, 7) is 3.20. The highest BCUT2D eigenvalue weighted by atomic mass is 19.1. The zero-order valence-corrected chi connectivity index (χ0v) is 16.0. The van der Waals surface area contributed by atoms with Gasteiger partial charge in [-0.3, -0.25) is 4.98 Å². The van der Waals surface area contributed by atoms with Crippen molar-refractivity contribution < 1.29 is 9.50 Å². The summed E-state index contributed by atoms with van der Waals surface area (Å²) in [5.74, 6) is 1.98. The number of aliphatic hydroxyl groups excluding tert-OH is 1. The maximum atomic E-state index is 13.2. The molecular formula is C20H22FN7O. The Kier molecular flexibility index (Phi) is 5.48. The first-order chi connectivity index (χ1) is 14.1. The van der Waals surface area contributed by atoms with Crippen molar-refractivity contribution in [3.8, 4) is 0 Å². The summed E-state index contributed by atoms with van der Waals surface area (Å²) in [6, 6.07) is 8.01. The molecule has 0 aliphatic carbocycles. The van der Waals surface area contributed by atoms with Crippen molar-refractivity contribution in [3.63, 3.8) is 0 Å². The minimum absolute atomic E-state index is 0.126. The molecule has 0 unspecified atom stereocenters. The quantitative estimate of drug-likeness (QED) is 0.586. The van der Waals surface area contributed by atoms with Gasteiger partial charge < -0.3 is 20.6 Å². The van der Waals surface area contributed by atoms with Gasteiger partial charge in [0, 0.05) is 31.5 Å². The van der Waals surface area contributed by atoms with Gasteiger partial charge in [-0.1, -0.05) is 12.1 Å². The molecule has 0 radical (unpaired) electrons. The second-order valence-electron chi connectivity index (χ2n) is 6.96. The lowest BCUT2D eigenvalue weighted by Gasteiger charge is -2.20. The number of nitrogens with zero attached hydrogens (tertiary/aromatic N) is 5. The Morgan fingerprint density at radius 2 is 2.00 bits per heavy atom. The molecule has 3 heterocycles. The lowest BCUT2D eigenvalue weighted by molar-refractivity contribution is 0.198. The summed E-state index contributed by atoms with van der Waals surface area (Å²) >= 11 is 0. The molecule has 1 aliphatic heterocycles. The summed E-state index contributed by atoms with van der Waals surface area (Å²) in [5, 5.41) is 16.3. The van der Waals surface area contributed by atoms with E-state index in [4.69, 9.17) is 0 Å². The second-order valence-corrected chi connectivity index (χ2v) is 6.96. The van der Waals surface area contributed by atoms with Crippen LogP contribution in [0, 0.1) is 5.82 Å². The minimum Gasteiger partial charge on any atom is -0.391 e. The molecule has 1 fully saturated rings. The van der Waals surface area contributed by atoms with Crippen LogP contribution in [0.1, 0.15) is 24.9 Å². The van der Waals surface area contributed by atoms with Crippen molar-refractivity contribution in [2.24, 2.45) is 0 Å². The fraction of sp³-hybridized carbons (Fsp3) is 0.300. The van der Waals surface area contributed by atoms with Crippen molar-refractivity contribution in [2.75, 3.05) is 28.6 Å². The monoisotopic (exact) mass is 395 g/mol. The number of nitrogens with one attached hydrogen (secondary N) is 2. The summed E-state index contributed by atoms with van der Waals surface area (Å²) in [6.07, 6.45) is 5.13. The van der Waals surface area contributed by atoms with E-state index >= 15 is 0 Å². The first-order valence-electron chi connectivity index (χ1n) is 9.44. The summed E-state index contributed by atoms with van der Waals surface area (Å²) < 4.78 is 13.2. The van der Waals surface area contributed by atoms with Crippen LogP contribution in [-0.2, 0) is 0 Å². The van der Waals surface area contributed by atoms with E-state index in [1.807, 2.05) is 17.9 Å². The number of β-amino-alcohol motifs (C(OH)–C–C–N with tert-alkyl or cyclic N) is 1. The van der Waals surface area contributed by atoms with Crippen LogP contribution in [0.3, 0.4) is 0 Å². The highest BCUT2D eigenvalue weighted by Crippen LogP contribution is 2.26. The Labute approximate surface area is 167 Å². The molecule has 0 saturated carbocycles. The Morgan fingerprint density at radius 1 is 1.17 bits per heavy atom. The standard InChI is InChI=1S/C20H22FN7O/c1-13(14-2-4-15(21)5-3-14)24-20-26-17(25-18-11-22-7-8-23-18)10-19(27-20)28-9-6-16(29)12-28/h2-5,7-8,10-11,13,16,29H,6,9,12H2,1H3,(H2,23,24,25,26,27)/t13-,16+/m0/s1. The third-order valence-corrected chi connectivity index (χ3v) is 4.73. The molecular weight excluding hydrogens is 373 g/mol. The van der Waals surface area contributed by atoms with Crippen LogP contribution in [0.25, 0.3) is 0 Å². The average molecular weight is 395 g/mol. The minimum atomic E-state index is -0.365. The third kappa shape index (κ3) is 4.75. The van der Waals surface area contributed by atoms with Crippen molar-refractivity contribution in [3.05, 3.63) is 60.3 Å². The number of aliphatic hydroxyl groups is 1. The van der Waals surface area contributed by atoms with E-state index in [9.17, 15) is 9.50 Å². The number of aromatic nitrogens is 4. The molecule has 29 heavy (non-hydrogen) atoms. The molecule has 0 spiro atoms. The Hall–Kier alpha value is -3.33. The van der Waals surface area contributed by atoms with Gasteiger partial charge >= 0.3 is 0 Å². The van der Waals surface area contributed by atoms with Crippen molar-refractivity contribution in [2.45, 2.75) is 25.5 Å². The van der Waals surface area contributed by atoms with Gasteiger partial charge in [0.2, 0.25) is 5.95 Å². The van der Waals surface area contributed by atoms with Crippen LogP contribution in [0.4, 0.5) is 27.8 Å². The molecule has 3 N–H and O–H groups in total. The molecule has 8 nitrogen and oxygen atoms in total. The largest absolute Gasteiger partial charge is 0.391 e. The number of rotatable bonds is 6. The van der Waals surface area contributed by atoms with Crippen LogP contribution in [0.15, 0.2) is 48.9 Å². The first-order valence-corrected chi connectivity index (χ1v) is 9.44. The smallest absolute Gasteiger partial charge is 0.227 e. The molecule has 0 amide bonds. The van der Waals surface area contributed by atoms with Gasteiger partial charge in [0.1, 0.15) is 23.3 Å². The van der Waals surface area contributed by atoms with E-state index < -0.39 is 0 Å². The van der Waals surface area contributed by atoms with Gasteiger partial charge in [-0.2, -0.15) is 9.97 Å². The zero-order chi connectivity index (χ0) is 20.2. The molecule has 3 aromatic rings. The van der Waals surface area contributed by atoms with Gasteiger partial charge in [0.15, 0.2) is 0 Å². The van der Waals surface area contributed by atoms with E-state index in [0.29, 0.717) is 36.4 Å². The van der Waals surface area contributed by atoms with E-state index in [0.717, 1.165) is 12.1 Å². The van der Waals surface area contributed by atoms with E-state index in [2.05, 4.69) is 30.6 Å². The number of anilines is 4.